The molecule has 0 saturated carbocycles. The Kier molecular flexibility index (Phi) is 6.65. The average molecular weight is 487 g/mol. The van der Waals surface area contributed by atoms with Gasteiger partial charge in [-0.2, -0.15) is 0 Å². The van der Waals surface area contributed by atoms with Crippen molar-refractivity contribution in [2.45, 2.75) is 30.8 Å². The fourth-order valence-electron chi connectivity index (χ4n) is 5.39. The summed E-state index contributed by atoms with van der Waals surface area (Å²) in [5.74, 6) is -0.302. The van der Waals surface area contributed by atoms with Gasteiger partial charge in [0.25, 0.3) is 0 Å². The maximum Gasteiger partial charge on any atom is 0.408 e. The van der Waals surface area contributed by atoms with Crippen LogP contribution in [-0.4, -0.2) is 54.4 Å². The van der Waals surface area contributed by atoms with Gasteiger partial charge in [-0.05, 0) is 41.2 Å². The SMILES string of the molecule is COc1ccccc1CN1CCC(NC(=O)OCC2c3ccccc3-c3ccccc32)(C(=O)O)CC1. The van der Waals surface area contributed by atoms with Crippen LogP contribution in [0.1, 0.15) is 35.4 Å². The van der Waals surface area contributed by atoms with E-state index in [-0.39, 0.29) is 12.5 Å². The van der Waals surface area contributed by atoms with E-state index < -0.39 is 17.6 Å². The third-order valence-corrected chi connectivity index (χ3v) is 7.39. The molecule has 1 aliphatic heterocycles. The summed E-state index contributed by atoms with van der Waals surface area (Å²) < 4.78 is 11.1. The maximum atomic E-state index is 12.8. The lowest BCUT2D eigenvalue weighted by molar-refractivity contribution is -0.147. The van der Waals surface area contributed by atoms with Crippen LogP contribution in [0.4, 0.5) is 4.79 Å². The molecule has 7 nitrogen and oxygen atoms in total. The number of methoxy groups -OCH3 is 1. The zero-order chi connectivity index (χ0) is 25.1. The molecule has 1 heterocycles. The molecule has 1 amide bonds. The number of nitrogens with one attached hydrogen (secondary N) is 1. The molecule has 186 valence electrons. The molecule has 0 radical (unpaired) electrons. The zero-order valence-corrected chi connectivity index (χ0v) is 20.3. The summed E-state index contributed by atoms with van der Waals surface area (Å²) >= 11 is 0. The van der Waals surface area contributed by atoms with Gasteiger partial charge in [0.15, 0.2) is 0 Å². The Morgan fingerprint density at radius 2 is 1.53 bits per heavy atom. The summed E-state index contributed by atoms with van der Waals surface area (Å²) in [5, 5.41) is 12.7. The molecule has 5 rings (SSSR count). The fourth-order valence-corrected chi connectivity index (χ4v) is 5.39. The summed E-state index contributed by atoms with van der Waals surface area (Å²) in [7, 11) is 1.64. The normalized spacial score (nSPS) is 16.6. The lowest BCUT2D eigenvalue weighted by Crippen LogP contribution is -2.60. The molecule has 1 fully saturated rings. The molecule has 1 saturated heterocycles. The number of hydrogen-bond acceptors (Lipinski definition) is 5. The molecule has 0 spiro atoms. The average Bonchev–Trinajstić information content (AvgIpc) is 3.22. The second kappa shape index (κ2) is 10.0. The highest BCUT2D eigenvalue weighted by atomic mass is 16.5. The molecule has 7 heteroatoms. The van der Waals surface area contributed by atoms with E-state index in [0.717, 1.165) is 33.6 Å². The van der Waals surface area contributed by atoms with Gasteiger partial charge in [-0.25, -0.2) is 9.59 Å². The highest BCUT2D eigenvalue weighted by Crippen LogP contribution is 2.44. The van der Waals surface area contributed by atoms with Crippen LogP contribution in [0.25, 0.3) is 11.1 Å². The summed E-state index contributed by atoms with van der Waals surface area (Å²) in [4.78, 5) is 27.3. The number of piperidine rings is 1. The number of nitrogens with zero attached hydrogens (tertiary/aromatic N) is 1. The van der Waals surface area contributed by atoms with Crippen molar-refractivity contribution in [3.63, 3.8) is 0 Å². The van der Waals surface area contributed by atoms with Crippen LogP contribution in [0.5, 0.6) is 5.75 Å². The predicted octanol–water partition coefficient (Wildman–Crippen LogP) is 4.65. The monoisotopic (exact) mass is 486 g/mol. The van der Waals surface area contributed by atoms with Gasteiger partial charge in [0.2, 0.25) is 0 Å². The summed E-state index contributed by atoms with van der Waals surface area (Å²) in [6.45, 7) is 1.88. The maximum absolute atomic E-state index is 12.8. The molecule has 0 unspecified atom stereocenters. The van der Waals surface area contributed by atoms with Crippen molar-refractivity contribution >= 4 is 12.1 Å². The molecule has 1 aliphatic carbocycles. The first-order valence-electron chi connectivity index (χ1n) is 12.2. The molecule has 0 aromatic heterocycles. The molecular weight excluding hydrogens is 456 g/mol. The largest absolute Gasteiger partial charge is 0.496 e. The van der Waals surface area contributed by atoms with E-state index >= 15 is 0 Å². The zero-order valence-electron chi connectivity index (χ0n) is 20.3. The molecule has 3 aromatic carbocycles. The first-order valence-corrected chi connectivity index (χ1v) is 12.2. The fraction of sp³-hybridized carbons (Fsp3) is 0.310. The number of fused-ring (bicyclic) bond motifs is 3. The molecule has 0 atom stereocenters. The summed E-state index contributed by atoms with van der Waals surface area (Å²) in [6, 6.07) is 24.0. The van der Waals surface area contributed by atoms with Gasteiger partial charge in [0, 0.05) is 31.1 Å². The summed E-state index contributed by atoms with van der Waals surface area (Å²) in [6.07, 6.45) is -0.110. The molecular formula is C29H30N2O5. The predicted molar refractivity (Wildman–Crippen MR) is 136 cm³/mol. The van der Waals surface area contributed by atoms with E-state index in [9.17, 15) is 14.7 Å². The van der Waals surface area contributed by atoms with E-state index in [0.29, 0.717) is 32.5 Å². The van der Waals surface area contributed by atoms with Crippen LogP contribution in [0.2, 0.25) is 0 Å². The minimum atomic E-state index is -1.35. The summed E-state index contributed by atoms with van der Waals surface area (Å²) in [5.41, 5.74) is 4.22. The number of rotatable bonds is 7. The van der Waals surface area contributed by atoms with Crippen LogP contribution in [0.3, 0.4) is 0 Å². The number of amides is 1. The van der Waals surface area contributed by atoms with Crippen LogP contribution in [0.15, 0.2) is 72.8 Å². The number of carbonyl (C=O) groups excluding carboxylic acids is 1. The van der Waals surface area contributed by atoms with Crippen LogP contribution in [-0.2, 0) is 16.1 Å². The van der Waals surface area contributed by atoms with Crippen molar-refractivity contribution in [3.05, 3.63) is 89.5 Å². The van der Waals surface area contributed by atoms with Crippen LogP contribution >= 0.6 is 0 Å². The van der Waals surface area contributed by atoms with Crippen LogP contribution < -0.4 is 10.1 Å². The Morgan fingerprint density at radius 3 is 2.14 bits per heavy atom. The van der Waals surface area contributed by atoms with E-state index in [2.05, 4.69) is 34.5 Å². The number of carbonyl (C=O) groups is 2. The molecule has 36 heavy (non-hydrogen) atoms. The number of para-hydroxylation sites is 1. The molecule has 2 aliphatic rings. The van der Waals surface area contributed by atoms with Gasteiger partial charge < -0.3 is 19.9 Å². The number of benzene rings is 3. The Balaban J connectivity index is 1.22. The minimum Gasteiger partial charge on any atom is -0.496 e. The number of hydrogen-bond donors (Lipinski definition) is 2. The topological polar surface area (TPSA) is 88.1 Å². The molecule has 3 aromatic rings. The lowest BCUT2D eigenvalue weighted by Gasteiger charge is -2.39. The smallest absolute Gasteiger partial charge is 0.408 e. The number of carboxylic acids is 1. The number of ether oxygens (including phenoxy) is 2. The number of likely N-dealkylation sites (tertiary alicyclic amines) is 1. The van der Waals surface area contributed by atoms with Crippen molar-refractivity contribution in [2.75, 3.05) is 26.8 Å². The third-order valence-electron chi connectivity index (χ3n) is 7.39. The third kappa shape index (κ3) is 4.54. The first kappa shape index (κ1) is 23.9. The highest BCUT2D eigenvalue weighted by molar-refractivity contribution is 5.85. The number of alkyl carbamates (subject to hydrolysis) is 1. The van der Waals surface area contributed by atoms with Crippen LogP contribution in [0, 0.1) is 0 Å². The van der Waals surface area contributed by atoms with Gasteiger partial charge in [-0.1, -0.05) is 66.7 Å². The van der Waals surface area contributed by atoms with Gasteiger partial charge >= 0.3 is 12.1 Å². The molecule has 2 N–H and O–H groups in total. The van der Waals surface area contributed by atoms with Gasteiger partial charge in [-0.3, -0.25) is 4.90 Å². The Bertz CT molecular complexity index is 1220. The van der Waals surface area contributed by atoms with Crippen molar-refractivity contribution < 1.29 is 24.2 Å². The Labute approximate surface area is 210 Å². The van der Waals surface area contributed by atoms with Crippen molar-refractivity contribution in [1.29, 1.82) is 0 Å². The highest BCUT2D eigenvalue weighted by Gasteiger charge is 2.43. The standard InChI is InChI=1S/C29H30N2O5/c1-35-26-13-7-2-8-20(26)18-31-16-14-29(15-17-31,27(32)33)30-28(34)36-19-25-23-11-5-3-9-21(23)22-10-4-6-12-24(22)25/h2-13,25H,14-19H2,1H3,(H,30,34)(H,32,33). The van der Waals surface area contributed by atoms with Crippen molar-refractivity contribution in [1.82, 2.24) is 10.2 Å². The molecule has 0 bridgehead atoms. The quantitative estimate of drug-likeness (QED) is 0.505. The number of aliphatic carboxylic acids is 1. The second-order valence-corrected chi connectivity index (χ2v) is 9.43. The van der Waals surface area contributed by atoms with E-state index in [4.69, 9.17) is 9.47 Å². The first-order chi connectivity index (χ1) is 17.5. The van der Waals surface area contributed by atoms with E-state index in [1.165, 1.54) is 0 Å². The van der Waals surface area contributed by atoms with Gasteiger partial charge in [0.1, 0.15) is 17.9 Å². The van der Waals surface area contributed by atoms with E-state index in [1.807, 2.05) is 48.5 Å². The Morgan fingerprint density at radius 1 is 0.944 bits per heavy atom. The number of carboxylic acid groups (broad SMARTS) is 1. The Hall–Kier alpha value is -3.84. The van der Waals surface area contributed by atoms with Gasteiger partial charge in [-0.15, -0.1) is 0 Å². The van der Waals surface area contributed by atoms with Crippen molar-refractivity contribution in [2.24, 2.45) is 0 Å². The van der Waals surface area contributed by atoms with E-state index in [1.54, 1.807) is 7.11 Å². The minimum absolute atomic E-state index is 0.0772. The van der Waals surface area contributed by atoms with Crippen molar-refractivity contribution in [3.8, 4) is 16.9 Å². The second-order valence-electron chi connectivity index (χ2n) is 9.43. The lowest BCUT2D eigenvalue weighted by atomic mass is 9.87. The van der Waals surface area contributed by atoms with Gasteiger partial charge in [0.05, 0.1) is 7.11 Å².